The van der Waals surface area contributed by atoms with E-state index in [-0.39, 0.29) is 23.1 Å². The Balaban J connectivity index is 2.71. The van der Waals surface area contributed by atoms with Gasteiger partial charge in [0.15, 0.2) is 6.10 Å². The highest BCUT2D eigenvalue weighted by molar-refractivity contribution is 6.05. The maximum Gasteiger partial charge on any atom is 0.405 e. The number of hydrogen-bond donors (Lipinski definition) is 6. The SMILES string of the molecule is CO[C@H]1/C=C/C=C(\C)C(=O)Nc2c(C)c(O)c(NCCN(C)C)c(c2O)C[C@@H](C)C[C@H](OC)[C@H](O)[C@H](C)/C=C(\C)[C@H]1OC(N)=O. The first kappa shape index (κ1) is 37.6. The quantitative estimate of drug-likeness (QED) is 0.147. The molecule has 0 radical (unpaired) electrons. The molecular formula is C33H52N4O8. The lowest BCUT2D eigenvalue weighted by Crippen LogP contribution is -2.37. The molecular weight excluding hydrogens is 580 g/mol. The van der Waals surface area contributed by atoms with Crippen LogP contribution in [0.2, 0.25) is 0 Å². The number of nitrogens with zero attached hydrogens (tertiary/aromatic N) is 1. The van der Waals surface area contributed by atoms with Crippen molar-refractivity contribution in [2.24, 2.45) is 17.6 Å². The number of nitrogens with one attached hydrogen (secondary N) is 2. The summed E-state index contributed by atoms with van der Waals surface area (Å²) in [6.07, 6.45) is 3.12. The van der Waals surface area contributed by atoms with Crippen LogP contribution < -0.4 is 16.4 Å². The number of likely N-dealkylation sites (N-methyl/N-ethyl adjacent to an activating group) is 1. The van der Waals surface area contributed by atoms with Crippen LogP contribution in [0.1, 0.15) is 45.2 Å². The molecule has 45 heavy (non-hydrogen) atoms. The molecule has 0 aromatic heterocycles. The largest absolute Gasteiger partial charge is 0.505 e. The van der Waals surface area contributed by atoms with Crippen molar-refractivity contribution in [3.63, 3.8) is 0 Å². The molecule has 6 atom stereocenters. The van der Waals surface area contributed by atoms with Crippen molar-refractivity contribution in [2.75, 3.05) is 52.0 Å². The maximum absolute atomic E-state index is 13.2. The van der Waals surface area contributed by atoms with Gasteiger partial charge >= 0.3 is 6.09 Å². The first-order valence-corrected chi connectivity index (χ1v) is 15.1. The van der Waals surface area contributed by atoms with Gasteiger partial charge in [-0.2, -0.15) is 0 Å². The van der Waals surface area contributed by atoms with Crippen molar-refractivity contribution in [1.29, 1.82) is 0 Å². The van der Waals surface area contributed by atoms with E-state index >= 15 is 0 Å². The van der Waals surface area contributed by atoms with Gasteiger partial charge in [-0.3, -0.25) is 4.79 Å². The van der Waals surface area contributed by atoms with E-state index in [1.807, 2.05) is 32.8 Å². The minimum Gasteiger partial charge on any atom is -0.505 e. The van der Waals surface area contributed by atoms with Crippen LogP contribution >= 0.6 is 0 Å². The Morgan fingerprint density at radius 3 is 2.38 bits per heavy atom. The molecule has 1 heterocycles. The van der Waals surface area contributed by atoms with Crippen LogP contribution in [0.15, 0.2) is 35.5 Å². The lowest BCUT2D eigenvalue weighted by atomic mass is 9.87. The van der Waals surface area contributed by atoms with Crippen LogP contribution in [-0.4, -0.2) is 98.0 Å². The zero-order chi connectivity index (χ0) is 34.0. The summed E-state index contributed by atoms with van der Waals surface area (Å²) in [5.74, 6) is -1.26. The molecule has 1 aliphatic heterocycles. The van der Waals surface area contributed by atoms with Crippen molar-refractivity contribution in [3.8, 4) is 11.5 Å². The number of aromatic hydroxyl groups is 2. The summed E-state index contributed by atoms with van der Waals surface area (Å²) < 4.78 is 16.7. The topological polar surface area (TPSA) is 176 Å². The number of fused-ring (bicyclic) bond motifs is 2. The van der Waals surface area contributed by atoms with Crippen molar-refractivity contribution < 1.29 is 39.1 Å². The average Bonchev–Trinajstić information content (AvgIpc) is 2.98. The minimum absolute atomic E-state index is 0.0718. The van der Waals surface area contributed by atoms with Gasteiger partial charge in [0.1, 0.15) is 17.6 Å². The molecule has 0 aliphatic carbocycles. The van der Waals surface area contributed by atoms with E-state index in [9.17, 15) is 24.9 Å². The lowest BCUT2D eigenvalue weighted by Gasteiger charge is -2.30. The van der Waals surface area contributed by atoms with Gasteiger partial charge in [0.05, 0.1) is 23.6 Å². The molecule has 0 saturated carbocycles. The number of primary amides is 1. The molecule has 2 amide bonds. The van der Waals surface area contributed by atoms with Crippen LogP contribution in [0.5, 0.6) is 11.5 Å². The smallest absolute Gasteiger partial charge is 0.405 e. The number of carbonyl (C=O) groups is 2. The summed E-state index contributed by atoms with van der Waals surface area (Å²) in [5.41, 5.74) is 7.54. The monoisotopic (exact) mass is 632 g/mol. The number of benzene rings is 1. The van der Waals surface area contributed by atoms with Gasteiger partial charge in [0.2, 0.25) is 0 Å². The summed E-state index contributed by atoms with van der Waals surface area (Å²) in [5, 5.41) is 40.2. The van der Waals surface area contributed by atoms with E-state index in [1.165, 1.54) is 14.2 Å². The molecule has 12 heteroatoms. The second-order valence-corrected chi connectivity index (χ2v) is 12.1. The van der Waals surface area contributed by atoms with Crippen molar-refractivity contribution in [3.05, 3.63) is 46.6 Å². The number of allylic oxidation sites excluding steroid dienone is 2. The van der Waals surface area contributed by atoms with Gasteiger partial charge in [-0.25, -0.2) is 4.79 Å². The predicted molar refractivity (Wildman–Crippen MR) is 176 cm³/mol. The van der Waals surface area contributed by atoms with Crippen LogP contribution in [0, 0.1) is 18.8 Å². The highest BCUT2D eigenvalue weighted by Crippen LogP contribution is 2.46. The number of methoxy groups -OCH3 is 2. The third-order valence-corrected chi connectivity index (χ3v) is 8.09. The third-order valence-electron chi connectivity index (χ3n) is 8.09. The Hall–Kier alpha value is -3.58. The van der Waals surface area contributed by atoms with E-state index in [2.05, 4.69) is 10.6 Å². The molecule has 0 spiro atoms. The Bertz CT molecular complexity index is 1280. The van der Waals surface area contributed by atoms with E-state index in [1.54, 1.807) is 45.1 Å². The van der Waals surface area contributed by atoms with Gasteiger partial charge in [0, 0.05) is 49.9 Å². The van der Waals surface area contributed by atoms with E-state index in [0.29, 0.717) is 53.9 Å². The number of phenolic OH excluding ortho intramolecular Hbond substituents is 2. The summed E-state index contributed by atoms with van der Waals surface area (Å²) in [7, 11) is 6.85. The average molecular weight is 633 g/mol. The normalized spacial score (nSPS) is 28.4. The molecule has 1 aromatic rings. The number of aliphatic hydroxyl groups is 1. The molecule has 0 unspecified atom stereocenters. The van der Waals surface area contributed by atoms with Crippen LogP contribution in [-0.2, 0) is 25.4 Å². The zero-order valence-electron chi connectivity index (χ0n) is 28.0. The highest BCUT2D eigenvalue weighted by atomic mass is 16.6. The second kappa shape index (κ2) is 17.2. The number of anilines is 2. The van der Waals surface area contributed by atoms with E-state index in [4.69, 9.17) is 19.9 Å². The number of phenols is 2. The molecule has 1 aromatic carbocycles. The number of amides is 2. The lowest BCUT2D eigenvalue weighted by molar-refractivity contribution is -0.112. The second-order valence-electron chi connectivity index (χ2n) is 12.1. The van der Waals surface area contributed by atoms with Crippen LogP contribution in [0.25, 0.3) is 0 Å². The molecule has 7 N–H and O–H groups in total. The van der Waals surface area contributed by atoms with Gasteiger partial charge < -0.3 is 50.8 Å². The fraction of sp³-hybridized carbons (Fsp3) is 0.576. The number of carbonyl (C=O) groups excluding carboxylic acids is 2. The molecule has 2 rings (SSSR count). The molecule has 0 saturated heterocycles. The zero-order valence-corrected chi connectivity index (χ0v) is 28.0. The van der Waals surface area contributed by atoms with Crippen molar-refractivity contribution in [2.45, 2.75) is 71.9 Å². The van der Waals surface area contributed by atoms with E-state index < -0.39 is 42.3 Å². The number of rotatable bonds is 7. The van der Waals surface area contributed by atoms with Crippen LogP contribution in [0.3, 0.4) is 0 Å². The van der Waals surface area contributed by atoms with Gasteiger partial charge in [-0.15, -0.1) is 0 Å². The summed E-state index contributed by atoms with van der Waals surface area (Å²) in [6.45, 7) is 9.97. The summed E-state index contributed by atoms with van der Waals surface area (Å²) in [6, 6.07) is 0. The Morgan fingerprint density at radius 2 is 1.80 bits per heavy atom. The van der Waals surface area contributed by atoms with Crippen LogP contribution in [0.4, 0.5) is 16.2 Å². The summed E-state index contributed by atoms with van der Waals surface area (Å²) in [4.78, 5) is 27.0. The van der Waals surface area contributed by atoms with Gasteiger partial charge in [-0.1, -0.05) is 38.2 Å². The van der Waals surface area contributed by atoms with E-state index in [0.717, 1.165) is 0 Å². The minimum atomic E-state index is -0.986. The van der Waals surface area contributed by atoms with Crippen molar-refractivity contribution in [1.82, 2.24) is 4.90 Å². The third kappa shape index (κ3) is 10.2. The first-order valence-electron chi connectivity index (χ1n) is 15.1. The fourth-order valence-corrected chi connectivity index (χ4v) is 5.44. The predicted octanol–water partition coefficient (Wildman–Crippen LogP) is 3.84. The number of ether oxygens (including phenoxy) is 3. The molecule has 252 valence electrons. The van der Waals surface area contributed by atoms with Gasteiger partial charge in [0.25, 0.3) is 5.91 Å². The Kier molecular flexibility index (Phi) is 14.4. The fourth-order valence-electron chi connectivity index (χ4n) is 5.44. The number of nitrogens with two attached hydrogens (primary N) is 1. The number of hydrogen-bond acceptors (Lipinski definition) is 10. The highest BCUT2D eigenvalue weighted by Gasteiger charge is 2.30. The maximum atomic E-state index is 13.2. The molecule has 0 fully saturated rings. The van der Waals surface area contributed by atoms with Crippen molar-refractivity contribution >= 4 is 23.4 Å². The Morgan fingerprint density at radius 1 is 1.13 bits per heavy atom. The molecule has 1 aliphatic rings. The number of aliphatic hydroxyl groups excluding tert-OH is 1. The molecule has 12 nitrogen and oxygen atoms in total. The standard InChI is InChI=1S/C33H52N4O8/c1-18-15-23-27(35-13-14-37(6)7)29(39)22(5)26(30(23)40)36-32(41)19(2)11-10-12-24(43-8)31(45-33(34)42)21(4)17-20(3)28(38)25(16-18)44-9/h10-12,17-18,20,24-25,28,31,35,38-40H,13-16H2,1-9H3,(H2,34,42)(H,36,41)/b12-10+,19-11+,21-17+/t18-,20-,24+,25+,28-,31-/m1/s1. The summed E-state index contributed by atoms with van der Waals surface area (Å²) >= 11 is 0. The molecule has 2 bridgehead atoms. The Labute approximate surface area is 266 Å². The first-order chi connectivity index (χ1) is 21.1. The van der Waals surface area contributed by atoms with Gasteiger partial charge in [-0.05, 0) is 59.2 Å².